The van der Waals surface area contributed by atoms with E-state index in [1.807, 2.05) is 42.5 Å². The standard InChI is InChI=1S/C23H18N2O4S/c24-12-15-11-14(9-10-21(26)27)22(30-15)25-23(28)29-13-20-18-7-3-1-5-16(18)17-6-2-4-8-19(17)20/h1-8,11,20H,9-10,13H2,(H,25,28)(H,26,27). The molecule has 0 unspecified atom stereocenters. The lowest BCUT2D eigenvalue weighted by atomic mass is 9.98. The van der Waals surface area contributed by atoms with Gasteiger partial charge in [0.2, 0.25) is 0 Å². The predicted octanol–water partition coefficient (Wildman–Crippen LogP) is 5.00. The van der Waals surface area contributed by atoms with Crippen molar-refractivity contribution >= 4 is 28.4 Å². The molecular weight excluding hydrogens is 400 g/mol. The topological polar surface area (TPSA) is 99.4 Å². The molecule has 3 aromatic rings. The number of carbonyl (C=O) groups is 2. The number of anilines is 1. The summed E-state index contributed by atoms with van der Waals surface area (Å²) in [7, 11) is 0. The highest BCUT2D eigenvalue weighted by Crippen LogP contribution is 2.44. The van der Waals surface area contributed by atoms with Gasteiger partial charge in [-0.25, -0.2) is 4.79 Å². The largest absolute Gasteiger partial charge is 0.481 e. The minimum atomic E-state index is -0.938. The predicted molar refractivity (Wildman–Crippen MR) is 114 cm³/mol. The van der Waals surface area contributed by atoms with Crippen molar-refractivity contribution in [2.45, 2.75) is 18.8 Å². The molecule has 150 valence electrons. The van der Waals surface area contributed by atoms with E-state index in [-0.39, 0.29) is 25.4 Å². The molecule has 0 aliphatic heterocycles. The molecule has 2 N–H and O–H groups in total. The van der Waals surface area contributed by atoms with Crippen molar-refractivity contribution in [2.75, 3.05) is 11.9 Å². The Morgan fingerprint density at radius 2 is 1.73 bits per heavy atom. The maximum Gasteiger partial charge on any atom is 0.412 e. The van der Waals surface area contributed by atoms with E-state index < -0.39 is 12.1 Å². The van der Waals surface area contributed by atoms with Crippen LogP contribution in [-0.4, -0.2) is 23.8 Å². The molecular formula is C23H18N2O4S. The number of carboxylic acid groups (broad SMARTS) is 1. The van der Waals surface area contributed by atoms with Crippen molar-refractivity contribution in [3.8, 4) is 17.2 Å². The van der Waals surface area contributed by atoms with Gasteiger partial charge in [0.25, 0.3) is 0 Å². The molecule has 1 aromatic heterocycles. The van der Waals surface area contributed by atoms with Gasteiger partial charge >= 0.3 is 12.1 Å². The second kappa shape index (κ2) is 8.39. The van der Waals surface area contributed by atoms with E-state index >= 15 is 0 Å². The van der Waals surface area contributed by atoms with Gasteiger partial charge in [-0.15, -0.1) is 11.3 Å². The van der Waals surface area contributed by atoms with E-state index in [0.29, 0.717) is 15.4 Å². The summed E-state index contributed by atoms with van der Waals surface area (Å²) >= 11 is 1.11. The summed E-state index contributed by atoms with van der Waals surface area (Å²) in [6, 6.07) is 19.8. The van der Waals surface area contributed by atoms with Crippen LogP contribution in [0.2, 0.25) is 0 Å². The van der Waals surface area contributed by atoms with E-state index in [4.69, 9.17) is 15.1 Å². The van der Waals surface area contributed by atoms with Gasteiger partial charge in [-0.3, -0.25) is 10.1 Å². The third-order valence-electron chi connectivity index (χ3n) is 5.09. The van der Waals surface area contributed by atoms with Crippen LogP contribution in [0.1, 0.15) is 33.9 Å². The molecule has 2 aromatic carbocycles. The average molecular weight is 418 g/mol. The zero-order valence-electron chi connectivity index (χ0n) is 15.9. The summed E-state index contributed by atoms with van der Waals surface area (Å²) in [5.41, 5.74) is 5.16. The Hall–Kier alpha value is -3.63. The first kappa shape index (κ1) is 19.7. The van der Waals surface area contributed by atoms with Gasteiger partial charge in [0, 0.05) is 12.3 Å². The van der Waals surface area contributed by atoms with Gasteiger partial charge in [-0.05, 0) is 40.3 Å². The number of nitriles is 1. The summed E-state index contributed by atoms with van der Waals surface area (Å²) in [6.07, 6.45) is -0.479. The Bertz CT molecular complexity index is 1120. The number of amides is 1. The molecule has 0 atom stereocenters. The van der Waals surface area contributed by atoms with E-state index in [9.17, 15) is 9.59 Å². The maximum absolute atomic E-state index is 12.5. The summed E-state index contributed by atoms with van der Waals surface area (Å²) in [5.74, 6) is -0.987. The van der Waals surface area contributed by atoms with Crippen LogP contribution in [0.5, 0.6) is 0 Å². The first-order valence-corrected chi connectivity index (χ1v) is 10.2. The Morgan fingerprint density at radius 3 is 2.33 bits per heavy atom. The fraction of sp³-hybridized carbons (Fsp3) is 0.174. The van der Waals surface area contributed by atoms with Crippen LogP contribution >= 0.6 is 11.3 Å². The van der Waals surface area contributed by atoms with Crippen LogP contribution in [0.4, 0.5) is 9.80 Å². The zero-order chi connectivity index (χ0) is 21.1. The number of hydrogen-bond acceptors (Lipinski definition) is 5. The fourth-order valence-electron chi connectivity index (χ4n) is 3.74. The SMILES string of the molecule is N#Cc1cc(CCC(=O)O)c(NC(=O)OCC2c3ccccc3-c3ccccc32)s1. The number of rotatable bonds is 6. The molecule has 1 aliphatic rings. The smallest absolute Gasteiger partial charge is 0.412 e. The average Bonchev–Trinajstić information content (AvgIpc) is 3.29. The van der Waals surface area contributed by atoms with Crippen molar-refractivity contribution < 1.29 is 19.4 Å². The summed E-state index contributed by atoms with van der Waals surface area (Å²) in [5, 5.41) is 21.1. The number of fused-ring (bicyclic) bond motifs is 3. The van der Waals surface area contributed by atoms with Gasteiger partial charge in [-0.2, -0.15) is 5.26 Å². The molecule has 0 spiro atoms. The number of nitrogens with one attached hydrogen (secondary N) is 1. The van der Waals surface area contributed by atoms with Crippen molar-refractivity contribution in [1.29, 1.82) is 5.26 Å². The molecule has 0 bridgehead atoms. The third-order valence-corrected chi connectivity index (χ3v) is 6.08. The van der Waals surface area contributed by atoms with Crippen LogP contribution in [-0.2, 0) is 16.0 Å². The highest BCUT2D eigenvalue weighted by molar-refractivity contribution is 7.17. The highest BCUT2D eigenvalue weighted by Gasteiger charge is 2.29. The second-order valence-electron chi connectivity index (χ2n) is 6.92. The lowest BCUT2D eigenvalue weighted by Gasteiger charge is -2.14. The van der Waals surface area contributed by atoms with Gasteiger partial charge in [0.15, 0.2) is 0 Å². The lowest BCUT2D eigenvalue weighted by Crippen LogP contribution is -2.18. The number of ether oxygens (including phenoxy) is 1. The van der Waals surface area contributed by atoms with Crippen molar-refractivity contribution in [1.82, 2.24) is 0 Å². The minimum absolute atomic E-state index is 0.0485. The number of benzene rings is 2. The number of thiophene rings is 1. The van der Waals surface area contributed by atoms with Crippen LogP contribution in [0.3, 0.4) is 0 Å². The summed E-state index contributed by atoms with van der Waals surface area (Å²) < 4.78 is 5.52. The summed E-state index contributed by atoms with van der Waals surface area (Å²) in [4.78, 5) is 23.7. The third kappa shape index (κ3) is 3.91. The molecule has 1 heterocycles. The van der Waals surface area contributed by atoms with Crippen molar-refractivity contribution in [3.05, 3.63) is 76.2 Å². The van der Waals surface area contributed by atoms with E-state index in [2.05, 4.69) is 17.4 Å². The van der Waals surface area contributed by atoms with Crippen LogP contribution in [0.15, 0.2) is 54.6 Å². The number of carbonyl (C=O) groups excluding carboxylic acids is 1. The molecule has 0 radical (unpaired) electrons. The second-order valence-corrected chi connectivity index (χ2v) is 7.97. The molecule has 6 nitrogen and oxygen atoms in total. The van der Waals surface area contributed by atoms with E-state index in [1.165, 1.54) is 0 Å². The van der Waals surface area contributed by atoms with Gasteiger partial charge in [0.1, 0.15) is 22.6 Å². The Labute approximate surface area is 177 Å². The normalized spacial score (nSPS) is 12.0. The Kier molecular flexibility index (Phi) is 5.50. The van der Waals surface area contributed by atoms with Crippen LogP contribution in [0, 0.1) is 11.3 Å². The molecule has 0 saturated carbocycles. The van der Waals surface area contributed by atoms with Gasteiger partial charge < -0.3 is 9.84 Å². The quantitative estimate of drug-likeness (QED) is 0.587. The van der Waals surface area contributed by atoms with E-state index in [1.54, 1.807) is 6.07 Å². The highest BCUT2D eigenvalue weighted by atomic mass is 32.1. The number of carboxylic acids is 1. The Morgan fingerprint density at radius 1 is 1.10 bits per heavy atom. The van der Waals surface area contributed by atoms with E-state index in [0.717, 1.165) is 33.6 Å². The number of nitrogens with zero attached hydrogens (tertiary/aromatic N) is 1. The number of aryl methyl sites for hydroxylation is 1. The Balaban J connectivity index is 1.47. The minimum Gasteiger partial charge on any atom is -0.481 e. The molecule has 4 rings (SSSR count). The first-order valence-electron chi connectivity index (χ1n) is 9.43. The number of aliphatic carboxylic acids is 1. The van der Waals surface area contributed by atoms with Crippen molar-refractivity contribution in [2.24, 2.45) is 0 Å². The molecule has 1 amide bonds. The van der Waals surface area contributed by atoms with Gasteiger partial charge in [-0.1, -0.05) is 48.5 Å². The molecule has 0 fully saturated rings. The zero-order valence-corrected chi connectivity index (χ0v) is 16.7. The molecule has 1 aliphatic carbocycles. The van der Waals surface area contributed by atoms with Gasteiger partial charge in [0.05, 0.1) is 0 Å². The first-order chi connectivity index (χ1) is 14.6. The van der Waals surface area contributed by atoms with Crippen LogP contribution < -0.4 is 5.32 Å². The lowest BCUT2D eigenvalue weighted by molar-refractivity contribution is -0.136. The van der Waals surface area contributed by atoms with Crippen molar-refractivity contribution in [3.63, 3.8) is 0 Å². The maximum atomic E-state index is 12.5. The number of hydrogen-bond donors (Lipinski definition) is 2. The van der Waals surface area contributed by atoms with Crippen LogP contribution in [0.25, 0.3) is 11.1 Å². The molecule has 30 heavy (non-hydrogen) atoms. The molecule has 7 heteroatoms. The fourth-order valence-corrected chi connectivity index (χ4v) is 4.64. The molecule has 0 saturated heterocycles. The summed E-state index contributed by atoms with van der Waals surface area (Å²) in [6.45, 7) is 0.181. The monoisotopic (exact) mass is 418 g/mol.